The maximum absolute atomic E-state index is 10.7. The number of amides is 1. The number of carbonyl (C=O) groups excluding carboxylic acids is 1. The van der Waals surface area contributed by atoms with E-state index in [-0.39, 0.29) is 12.2 Å². The van der Waals surface area contributed by atoms with Crippen LogP contribution in [0.15, 0.2) is 12.4 Å². The SMILES string of the molecule is CCCn1cc(OCC2CNC(=O)O2)cn1. The van der Waals surface area contributed by atoms with Gasteiger partial charge < -0.3 is 14.8 Å². The highest BCUT2D eigenvalue weighted by molar-refractivity contribution is 5.69. The molecule has 0 aliphatic carbocycles. The van der Waals surface area contributed by atoms with Crippen molar-refractivity contribution in [3.8, 4) is 5.75 Å². The van der Waals surface area contributed by atoms with Crippen molar-refractivity contribution in [1.29, 1.82) is 0 Å². The van der Waals surface area contributed by atoms with Gasteiger partial charge in [-0.05, 0) is 6.42 Å². The molecule has 0 saturated carbocycles. The van der Waals surface area contributed by atoms with E-state index in [0.717, 1.165) is 13.0 Å². The van der Waals surface area contributed by atoms with Crippen LogP contribution in [0.25, 0.3) is 0 Å². The third-order valence-electron chi connectivity index (χ3n) is 2.25. The molecule has 2 rings (SSSR count). The number of cyclic esters (lactones) is 1. The average molecular weight is 225 g/mol. The minimum atomic E-state index is -0.379. The van der Waals surface area contributed by atoms with E-state index in [4.69, 9.17) is 9.47 Å². The lowest BCUT2D eigenvalue weighted by Crippen LogP contribution is -2.21. The molecule has 0 radical (unpaired) electrons. The molecule has 0 bridgehead atoms. The van der Waals surface area contributed by atoms with Gasteiger partial charge in [-0.3, -0.25) is 4.68 Å². The van der Waals surface area contributed by atoms with Crippen LogP contribution in [0, 0.1) is 0 Å². The quantitative estimate of drug-likeness (QED) is 0.804. The molecule has 1 aromatic rings. The van der Waals surface area contributed by atoms with Gasteiger partial charge in [0.25, 0.3) is 0 Å². The number of alkyl carbamates (subject to hydrolysis) is 1. The zero-order valence-corrected chi connectivity index (χ0v) is 9.18. The number of nitrogens with one attached hydrogen (secondary N) is 1. The summed E-state index contributed by atoms with van der Waals surface area (Å²) in [6, 6.07) is 0. The zero-order valence-electron chi connectivity index (χ0n) is 9.18. The van der Waals surface area contributed by atoms with Crippen molar-refractivity contribution >= 4 is 6.09 Å². The Morgan fingerprint density at radius 2 is 2.62 bits per heavy atom. The summed E-state index contributed by atoms with van der Waals surface area (Å²) in [5.74, 6) is 0.705. The van der Waals surface area contributed by atoms with Crippen molar-refractivity contribution in [2.45, 2.75) is 26.0 Å². The predicted molar refractivity (Wildman–Crippen MR) is 56.3 cm³/mol. The van der Waals surface area contributed by atoms with Crippen LogP contribution in [-0.2, 0) is 11.3 Å². The molecule has 16 heavy (non-hydrogen) atoms. The first kappa shape index (κ1) is 10.8. The standard InChI is InChI=1S/C10H15N3O3/c1-2-3-13-6-8(5-12-13)15-7-9-4-11-10(14)16-9/h5-6,9H,2-4,7H2,1H3,(H,11,14). The van der Waals surface area contributed by atoms with Crippen molar-refractivity contribution in [3.05, 3.63) is 12.4 Å². The highest BCUT2D eigenvalue weighted by Gasteiger charge is 2.22. The number of hydrogen-bond donors (Lipinski definition) is 1. The fourth-order valence-electron chi connectivity index (χ4n) is 1.48. The maximum atomic E-state index is 10.7. The summed E-state index contributed by atoms with van der Waals surface area (Å²) >= 11 is 0. The Morgan fingerprint density at radius 1 is 1.75 bits per heavy atom. The largest absolute Gasteiger partial charge is 0.486 e. The van der Waals surface area contributed by atoms with Crippen LogP contribution in [0.2, 0.25) is 0 Å². The lowest BCUT2D eigenvalue weighted by Gasteiger charge is -2.07. The van der Waals surface area contributed by atoms with Crippen LogP contribution in [0.1, 0.15) is 13.3 Å². The second kappa shape index (κ2) is 4.87. The van der Waals surface area contributed by atoms with Gasteiger partial charge in [-0.1, -0.05) is 6.92 Å². The van der Waals surface area contributed by atoms with E-state index in [9.17, 15) is 4.79 Å². The Morgan fingerprint density at radius 3 is 3.31 bits per heavy atom. The minimum absolute atomic E-state index is 0.206. The second-order valence-electron chi connectivity index (χ2n) is 3.66. The number of hydrogen-bond acceptors (Lipinski definition) is 4. The third kappa shape index (κ3) is 2.65. The molecule has 0 aromatic carbocycles. The smallest absolute Gasteiger partial charge is 0.407 e. The van der Waals surface area contributed by atoms with Crippen molar-refractivity contribution in [2.24, 2.45) is 0 Å². The van der Waals surface area contributed by atoms with E-state index >= 15 is 0 Å². The van der Waals surface area contributed by atoms with E-state index in [1.165, 1.54) is 0 Å². The van der Waals surface area contributed by atoms with Crippen LogP contribution < -0.4 is 10.1 Å². The van der Waals surface area contributed by atoms with Gasteiger partial charge in [0, 0.05) is 6.54 Å². The van der Waals surface area contributed by atoms with Crippen molar-refractivity contribution in [3.63, 3.8) is 0 Å². The van der Waals surface area contributed by atoms with Crippen LogP contribution in [-0.4, -0.2) is 35.1 Å². The number of ether oxygens (including phenoxy) is 2. The lowest BCUT2D eigenvalue weighted by atomic mass is 10.4. The Kier molecular flexibility index (Phi) is 3.28. The zero-order chi connectivity index (χ0) is 11.4. The Labute approximate surface area is 93.5 Å². The molecule has 1 N–H and O–H groups in total. The van der Waals surface area contributed by atoms with E-state index < -0.39 is 0 Å². The van der Waals surface area contributed by atoms with E-state index in [1.54, 1.807) is 6.20 Å². The van der Waals surface area contributed by atoms with Gasteiger partial charge in [0.1, 0.15) is 6.61 Å². The Bertz CT molecular complexity index is 364. The molecule has 1 unspecified atom stereocenters. The molecular weight excluding hydrogens is 210 g/mol. The van der Waals surface area contributed by atoms with Crippen LogP contribution >= 0.6 is 0 Å². The number of aryl methyl sites for hydroxylation is 1. The van der Waals surface area contributed by atoms with E-state index in [1.807, 2.05) is 10.9 Å². The summed E-state index contributed by atoms with van der Waals surface area (Å²) in [5.41, 5.74) is 0. The monoisotopic (exact) mass is 225 g/mol. The number of rotatable bonds is 5. The minimum Gasteiger partial charge on any atom is -0.486 e. The first-order chi connectivity index (χ1) is 7.78. The van der Waals surface area contributed by atoms with E-state index in [2.05, 4.69) is 17.3 Å². The maximum Gasteiger partial charge on any atom is 0.407 e. The Hall–Kier alpha value is -1.72. The summed E-state index contributed by atoms with van der Waals surface area (Å²) < 4.78 is 12.2. The molecule has 1 atom stereocenters. The molecule has 1 saturated heterocycles. The van der Waals surface area contributed by atoms with Crippen molar-refractivity contribution < 1.29 is 14.3 Å². The van der Waals surface area contributed by atoms with Crippen molar-refractivity contribution in [2.75, 3.05) is 13.2 Å². The summed E-state index contributed by atoms with van der Waals surface area (Å²) in [4.78, 5) is 10.7. The van der Waals surface area contributed by atoms with Gasteiger partial charge in [-0.15, -0.1) is 0 Å². The molecule has 1 amide bonds. The topological polar surface area (TPSA) is 65.4 Å². The summed E-state index contributed by atoms with van der Waals surface area (Å²) in [6.07, 6.45) is 3.95. The normalized spacial score (nSPS) is 19.3. The summed E-state index contributed by atoms with van der Waals surface area (Å²) in [5, 5.41) is 6.70. The lowest BCUT2D eigenvalue weighted by molar-refractivity contribution is 0.105. The molecule has 88 valence electrons. The molecule has 1 aliphatic rings. The molecule has 1 aliphatic heterocycles. The molecule has 0 spiro atoms. The molecule has 1 fully saturated rings. The number of nitrogens with zero attached hydrogens (tertiary/aromatic N) is 2. The van der Waals surface area contributed by atoms with Gasteiger partial charge in [0.15, 0.2) is 11.9 Å². The number of carbonyl (C=O) groups is 1. The molecule has 1 aromatic heterocycles. The third-order valence-corrected chi connectivity index (χ3v) is 2.25. The summed E-state index contributed by atoms with van der Waals surface area (Å²) in [7, 11) is 0. The first-order valence-electron chi connectivity index (χ1n) is 5.37. The number of aromatic nitrogens is 2. The van der Waals surface area contributed by atoms with Gasteiger partial charge in [0.2, 0.25) is 0 Å². The van der Waals surface area contributed by atoms with Crippen LogP contribution in [0.3, 0.4) is 0 Å². The molecule has 6 heteroatoms. The fraction of sp³-hybridized carbons (Fsp3) is 0.600. The van der Waals surface area contributed by atoms with Gasteiger partial charge in [-0.25, -0.2) is 4.79 Å². The van der Waals surface area contributed by atoms with E-state index in [0.29, 0.717) is 18.9 Å². The molecule has 2 heterocycles. The molecule has 6 nitrogen and oxygen atoms in total. The van der Waals surface area contributed by atoms with Gasteiger partial charge in [-0.2, -0.15) is 5.10 Å². The van der Waals surface area contributed by atoms with Gasteiger partial charge in [0.05, 0.1) is 18.9 Å². The summed E-state index contributed by atoms with van der Waals surface area (Å²) in [6.45, 7) is 3.83. The highest BCUT2D eigenvalue weighted by Crippen LogP contribution is 2.10. The predicted octanol–water partition coefficient (Wildman–Crippen LogP) is 0.780. The fourth-order valence-corrected chi connectivity index (χ4v) is 1.48. The van der Waals surface area contributed by atoms with Gasteiger partial charge >= 0.3 is 6.09 Å². The second-order valence-corrected chi connectivity index (χ2v) is 3.66. The molecular formula is C10H15N3O3. The average Bonchev–Trinajstić information content (AvgIpc) is 2.85. The van der Waals surface area contributed by atoms with Crippen molar-refractivity contribution in [1.82, 2.24) is 15.1 Å². The van der Waals surface area contributed by atoms with Crippen LogP contribution in [0.5, 0.6) is 5.75 Å². The first-order valence-corrected chi connectivity index (χ1v) is 5.37. The highest BCUT2D eigenvalue weighted by atomic mass is 16.6. The Balaban J connectivity index is 1.78. The van der Waals surface area contributed by atoms with Crippen LogP contribution in [0.4, 0.5) is 4.79 Å².